The van der Waals surface area contributed by atoms with Gasteiger partial charge < -0.3 is 5.32 Å². The van der Waals surface area contributed by atoms with Crippen LogP contribution in [0.3, 0.4) is 0 Å². The van der Waals surface area contributed by atoms with Crippen LogP contribution in [-0.2, 0) is 7.05 Å². The first-order valence-electron chi connectivity index (χ1n) is 8.37. The second-order valence-corrected chi connectivity index (χ2v) is 6.72. The zero-order valence-electron chi connectivity index (χ0n) is 14.5. The smallest absolute Gasteiger partial charge is 0.254 e. The molecule has 1 aromatic heterocycles. The van der Waals surface area contributed by atoms with Crippen molar-refractivity contribution in [1.29, 1.82) is 0 Å². The maximum Gasteiger partial charge on any atom is 0.254 e. The largest absolute Gasteiger partial charge is 0.347 e. The molecule has 0 unspecified atom stereocenters. The summed E-state index contributed by atoms with van der Waals surface area (Å²) in [6.07, 6.45) is 3.90. The molecule has 0 spiro atoms. The molecule has 1 amide bonds. The van der Waals surface area contributed by atoms with Gasteiger partial charge in [0.2, 0.25) is 0 Å². The van der Waals surface area contributed by atoms with Crippen LogP contribution in [0.5, 0.6) is 0 Å². The second-order valence-electron chi connectivity index (χ2n) is 6.72. The molecular formula is C18H22F2N4O. The lowest BCUT2D eigenvalue weighted by molar-refractivity contribution is 0.0919. The van der Waals surface area contributed by atoms with Crippen LogP contribution in [0.15, 0.2) is 30.6 Å². The molecule has 5 nitrogen and oxygen atoms in total. The van der Waals surface area contributed by atoms with Crippen LogP contribution >= 0.6 is 0 Å². The minimum absolute atomic E-state index is 0.181. The molecule has 3 rings (SSSR count). The van der Waals surface area contributed by atoms with Crippen LogP contribution in [-0.4, -0.2) is 39.2 Å². The molecule has 1 N–H and O–H groups in total. The van der Waals surface area contributed by atoms with Gasteiger partial charge in [0.1, 0.15) is 0 Å². The van der Waals surface area contributed by atoms with Gasteiger partial charge in [-0.1, -0.05) is 6.07 Å². The summed E-state index contributed by atoms with van der Waals surface area (Å²) in [5.74, 6) is -1.95. The Morgan fingerprint density at radius 3 is 2.68 bits per heavy atom. The number of halogens is 2. The number of aryl methyl sites for hydroxylation is 1. The van der Waals surface area contributed by atoms with E-state index in [9.17, 15) is 13.6 Å². The Labute approximate surface area is 145 Å². The van der Waals surface area contributed by atoms with Crippen molar-refractivity contribution >= 4 is 5.91 Å². The molecule has 0 radical (unpaired) electrons. The van der Waals surface area contributed by atoms with Gasteiger partial charge in [0.05, 0.1) is 23.8 Å². The van der Waals surface area contributed by atoms with Crippen LogP contribution in [0, 0.1) is 11.6 Å². The van der Waals surface area contributed by atoms with E-state index in [-0.39, 0.29) is 24.0 Å². The molecule has 2 aromatic rings. The molecule has 7 heteroatoms. The molecule has 0 saturated carbocycles. The van der Waals surface area contributed by atoms with E-state index in [0.29, 0.717) is 11.1 Å². The number of likely N-dealkylation sites (tertiary alicyclic amines) is 1. The molecule has 25 heavy (non-hydrogen) atoms. The first-order valence-corrected chi connectivity index (χ1v) is 8.37. The van der Waals surface area contributed by atoms with E-state index in [1.165, 1.54) is 12.3 Å². The molecular weight excluding hydrogens is 326 g/mol. The fourth-order valence-electron chi connectivity index (χ4n) is 3.46. The van der Waals surface area contributed by atoms with Gasteiger partial charge in [0, 0.05) is 25.8 Å². The maximum atomic E-state index is 13.7. The van der Waals surface area contributed by atoms with Crippen LogP contribution in [0.4, 0.5) is 8.78 Å². The number of nitrogens with one attached hydrogen (secondary N) is 1. The van der Waals surface area contributed by atoms with E-state index < -0.39 is 11.6 Å². The molecule has 0 bridgehead atoms. The Kier molecular flexibility index (Phi) is 4.85. The SMILES string of the molecule is CC(C)N1CC[C@@H](NC(=O)c2cnn(C)c2)[C@H]1c1ccc(F)c(F)c1. The van der Waals surface area contributed by atoms with E-state index in [4.69, 9.17) is 0 Å². The van der Waals surface area contributed by atoms with E-state index in [2.05, 4.69) is 29.2 Å². The Morgan fingerprint density at radius 2 is 2.08 bits per heavy atom. The summed E-state index contributed by atoms with van der Waals surface area (Å²) in [5, 5.41) is 7.03. The highest BCUT2D eigenvalue weighted by Gasteiger charge is 2.38. The number of nitrogens with zero attached hydrogens (tertiary/aromatic N) is 3. The lowest BCUT2D eigenvalue weighted by Gasteiger charge is -2.32. The zero-order valence-corrected chi connectivity index (χ0v) is 14.5. The van der Waals surface area contributed by atoms with Crippen LogP contribution in [0.1, 0.15) is 42.2 Å². The summed E-state index contributed by atoms with van der Waals surface area (Å²) in [5.41, 5.74) is 1.15. The quantitative estimate of drug-likeness (QED) is 0.924. The molecule has 0 aliphatic carbocycles. The van der Waals surface area contributed by atoms with Crippen LogP contribution in [0.25, 0.3) is 0 Å². The zero-order chi connectivity index (χ0) is 18.1. The first-order chi connectivity index (χ1) is 11.9. The Bertz CT molecular complexity index is 774. The van der Waals surface area contributed by atoms with Crippen molar-refractivity contribution in [3.63, 3.8) is 0 Å². The third kappa shape index (κ3) is 3.56. The topological polar surface area (TPSA) is 50.2 Å². The number of benzene rings is 1. The summed E-state index contributed by atoms with van der Waals surface area (Å²) < 4.78 is 28.6. The van der Waals surface area contributed by atoms with Gasteiger partial charge >= 0.3 is 0 Å². The third-order valence-electron chi connectivity index (χ3n) is 4.67. The molecule has 1 aliphatic heterocycles. The summed E-state index contributed by atoms with van der Waals surface area (Å²) in [4.78, 5) is 14.7. The first kappa shape index (κ1) is 17.5. The van der Waals surface area contributed by atoms with Crippen LogP contribution < -0.4 is 5.32 Å². The van der Waals surface area contributed by atoms with E-state index >= 15 is 0 Å². The van der Waals surface area contributed by atoms with E-state index in [1.54, 1.807) is 24.0 Å². The highest BCUT2D eigenvalue weighted by molar-refractivity contribution is 5.93. The van der Waals surface area contributed by atoms with Gasteiger partial charge in [0.15, 0.2) is 11.6 Å². The summed E-state index contributed by atoms with van der Waals surface area (Å²) in [7, 11) is 1.75. The Morgan fingerprint density at radius 1 is 1.32 bits per heavy atom. The predicted octanol–water partition coefficient (Wildman–Crippen LogP) is 2.65. The number of hydrogen-bond donors (Lipinski definition) is 1. The van der Waals surface area contributed by atoms with Crippen molar-refractivity contribution in [2.75, 3.05) is 6.54 Å². The average Bonchev–Trinajstić information content (AvgIpc) is 3.16. The normalized spacial score (nSPS) is 21.0. The van der Waals surface area contributed by atoms with Crippen molar-refractivity contribution in [3.05, 3.63) is 53.4 Å². The lowest BCUT2D eigenvalue weighted by atomic mass is 9.98. The number of rotatable bonds is 4. The van der Waals surface area contributed by atoms with Crippen LogP contribution in [0.2, 0.25) is 0 Å². The number of aromatic nitrogens is 2. The number of carbonyl (C=O) groups is 1. The summed E-state index contributed by atoms with van der Waals surface area (Å²) in [6, 6.07) is 3.80. The fraction of sp³-hybridized carbons (Fsp3) is 0.444. The molecule has 1 aromatic carbocycles. The number of carbonyl (C=O) groups excluding carboxylic acids is 1. The molecule has 1 fully saturated rings. The summed E-state index contributed by atoms with van der Waals surface area (Å²) in [6.45, 7) is 4.88. The Balaban J connectivity index is 1.86. The molecule has 1 saturated heterocycles. The van der Waals surface area contributed by atoms with Crippen molar-refractivity contribution in [1.82, 2.24) is 20.0 Å². The maximum absolute atomic E-state index is 13.7. The van der Waals surface area contributed by atoms with Gasteiger partial charge in [-0.2, -0.15) is 5.10 Å². The third-order valence-corrected chi connectivity index (χ3v) is 4.67. The van der Waals surface area contributed by atoms with E-state index in [1.807, 2.05) is 0 Å². The minimum atomic E-state index is -0.870. The summed E-state index contributed by atoms with van der Waals surface area (Å²) >= 11 is 0. The van der Waals surface area contributed by atoms with Crippen molar-refractivity contribution < 1.29 is 13.6 Å². The highest BCUT2D eigenvalue weighted by Crippen LogP contribution is 2.34. The monoisotopic (exact) mass is 348 g/mol. The standard InChI is InChI=1S/C18H22F2N4O/c1-11(2)24-7-6-16(22-18(25)13-9-21-23(3)10-13)17(24)12-4-5-14(19)15(20)8-12/h4-5,8-11,16-17H,6-7H2,1-3H3,(H,22,25)/t16-,17-/m1/s1. The van der Waals surface area contributed by atoms with E-state index in [0.717, 1.165) is 19.0 Å². The number of hydrogen-bond acceptors (Lipinski definition) is 3. The lowest BCUT2D eigenvalue weighted by Crippen LogP contribution is -2.41. The van der Waals surface area contributed by atoms with Gasteiger partial charge in [-0.15, -0.1) is 0 Å². The molecule has 1 aliphatic rings. The molecule has 2 heterocycles. The molecule has 134 valence electrons. The van der Waals surface area contributed by atoms with Gasteiger partial charge in [-0.25, -0.2) is 8.78 Å². The molecule has 2 atom stereocenters. The van der Waals surface area contributed by atoms with Gasteiger partial charge in [-0.05, 0) is 38.0 Å². The average molecular weight is 348 g/mol. The van der Waals surface area contributed by atoms with Crippen molar-refractivity contribution in [2.24, 2.45) is 7.05 Å². The predicted molar refractivity (Wildman–Crippen MR) is 90.0 cm³/mol. The van der Waals surface area contributed by atoms with Gasteiger partial charge in [0.25, 0.3) is 5.91 Å². The Hall–Kier alpha value is -2.28. The number of amides is 1. The highest BCUT2D eigenvalue weighted by atomic mass is 19.2. The fourth-order valence-corrected chi connectivity index (χ4v) is 3.46. The van der Waals surface area contributed by atoms with Crippen molar-refractivity contribution in [2.45, 2.75) is 38.4 Å². The minimum Gasteiger partial charge on any atom is -0.347 e. The van der Waals surface area contributed by atoms with Gasteiger partial charge in [-0.3, -0.25) is 14.4 Å². The second kappa shape index (κ2) is 6.92. The van der Waals surface area contributed by atoms with Crippen molar-refractivity contribution in [3.8, 4) is 0 Å².